The minimum atomic E-state index is -0.0580. The van der Waals surface area contributed by atoms with Crippen LogP contribution in [-0.2, 0) is 0 Å². The van der Waals surface area contributed by atoms with Gasteiger partial charge in [-0.2, -0.15) is 0 Å². The molecule has 0 saturated carbocycles. The second kappa shape index (κ2) is 5.66. The highest BCUT2D eigenvalue weighted by Gasteiger charge is 2.20. The molecule has 1 aliphatic heterocycles. The van der Waals surface area contributed by atoms with E-state index in [-0.39, 0.29) is 5.56 Å². The summed E-state index contributed by atoms with van der Waals surface area (Å²) in [7, 11) is 0. The number of piperazine rings is 1. The normalized spacial score (nSPS) is 15.4. The SMILES string of the molecule is O=c1cccc(N2CCN(c3ncccc3Br)CC2)[nH]1. The highest BCUT2D eigenvalue weighted by atomic mass is 79.9. The van der Waals surface area contributed by atoms with Gasteiger partial charge in [-0.1, -0.05) is 6.07 Å². The molecule has 0 aliphatic carbocycles. The molecular formula is C14H15BrN4O. The number of aromatic amines is 1. The van der Waals surface area contributed by atoms with Crippen LogP contribution in [0.25, 0.3) is 0 Å². The van der Waals surface area contributed by atoms with Crippen LogP contribution in [0.1, 0.15) is 0 Å². The van der Waals surface area contributed by atoms with E-state index < -0.39 is 0 Å². The maximum Gasteiger partial charge on any atom is 0.249 e. The van der Waals surface area contributed by atoms with Crippen molar-refractivity contribution < 1.29 is 0 Å². The van der Waals surface area contributed by atoms with Crippen LogP contribution >= 0.6 is 15.9 Å². The Morgan fingerprint density at radius 2 is 1.80 bits per heavy atom. The van der Waals surface area contributed by atoms with Crippen molar-refractivity contribution >= 4 is 27.6 Å². The number of pyridine rings is 2. The number of anilines is 2. The Bertz CT molecular complexity index is 649. The van der Waals surface area contributed by atoms with E-state index in [9.17, 15) is 4.79 Å². The van der Waals surface area contributed by atoms with Crippen molar-refractivity contribution in [3.05, 3.63) is 51.4 Å². The second-order valence-corrected chi connectivity index (χ2v) is 5.54. The molecule has 6 heteroatoms. The molecule has 1 fully saturated rings. The van der Waals surface area contributed by atoms with Gasteiger partial charge in [-0.25, -0.2) is 4.98 Å². The highest BCUT2D eigenvalue weighted by Crippen LogP contribution is 2.24. The van der Waals surface area contributed by atoms with E-state index in [2.05, 4.69) is 35.7 Å². The minimum absolute atomic E-state index is 0.0580. The first-order valence-electron chi connectivity index (χ1n) is 6.54. The minimum Gasteiger partial charge on any atom is -0.355 e. The predicted octanol–water partition coefficient (Wildman–Crippen LogP) is 1.86. The van der Waals surface area contributed by atoms with Crippen LogP contribution in [0.2, 0.25) is 0 Å². The molecule has 20 heavy (non-hydrogen) atoms. The molecule has 0 bridgehead atoms. The summed E-state index contributed by atoms with van der Waals surface area (Å²) in [5.74, 6) is 1.87. The lowest BCUT2D eigenvalue weighted by Gasteiger charge is -2.36. The fourth-order valence-electron chi connectivity index (χ4n) is 2.39. The molecule has 3 rings (SSSR count). The summed E-state index contributed by atoms with van der Waals surface area (Å²) in [6.07, 6.45) is 1.81. The van der Waals surface area contributed by atoms with E-state index in [0.29, 0.717) is 0 Å². The van der Waals surface area contributed by atoms with Gasteiger partial charge in [-0.15, -0.1) is 0 Å². The van der Waals surface area contributed by atoms with Crippen molar-refractivity contribution in [3.63, 3.8) is 0 Å². The Labute approximate surface area is 125 Å². The predicted molar refractivity (Wildman–Crippen MR) is 83.4 cm³/mol. The summed E-state index contributed by atoms with van der Waals surface area (Å²) in [5, 5.41) is 0. The molecule has 2 aromatic heterocycles. The average Bonchev–Trinajstić information content (AvgIpc) is 2.48. The molecule has 5 nitrogen and oxygen atoms in total. The number of halogens is 1. The zero-order valence-corrected chi connectivity index (χ0v) is 12.5. The van der Waals surface area contributed by atoms with Gasteiger partial charge in [0.05, 0.1) is 4.47 Å². The number of H-pyrrole nitrogens is 1. The summed E-state index contributed by atoms with van der Waals surface area (Å²) >= 11 is 3.54. The Morgan fingerprint density at radius 3 is 2.50 bits per heavy atom. The van der Waals surface area contributed by atoms with E-state index in [4.69, 9.17) is 0 Å². The quantitative estimate of drug-likeness (QED) is 0.910. The molecule has 1 saturated heterocycles. The number of hydrogen-bond donors (Lipinski definition) is 1. The molecule has 104 valence electrons. The first kappa shape index (κ1) is 13.2. The first-order valence-corrected chi connectivity index (χ1v) is 7.33. The van der Waals surface area contributed by atoms with E-state index >= 15 is 0 Å². The second-order valence-electron chi connectivity index (χ2n) is 4.68. The van der Waals surface area contributed by atoms with Gasteiger partial charge in [0.25, 0.3) is 0 Å². The van der Waals surface area contributed by atoms with E-state index in [1.165, 1.54) is 6.07 Å². The van der Waals surface area contributed by atoms with Gasteiger partial charge in [0.2, 0.25) is 5.56 Å². The van der Waals surface area contributed by atoms with Crippen molar-refractivity contribution in [2.75, 3.05) is 36.0 Å². The van der Waals surface area contributed by atoms with Gasteiger partial charge in [-0.3, -0.25) is 4.79 Å². The summed E-state index contributed by atoms with van der Waals surface area (Å²) in [6, 6.07) is 9.18. The fourth-order valence-corrected chi connectivity index (χ4v) is 2.90. The number of nitrogens with zero attached hydrogens (tertiary/aromatic N) is 3. The molecule has 0 spiro atoms. The lowest BCUT2D eigenvalue weighted by Crippen LogP contribution is -2.47. The zero-order chi connectivity index (χ0) is 13.9. The van der Waals surface area contributed by atoms with Crippen molar-refractivity contribution in [2.45, 2.75) is 0 Å². The molecule has 0 atom stereocenters. The fraction of sp³-hybridized carbons (Fsp3) is 0.286. The maximum atomic E-state index is 11.4. The highest BCUT2D eigenvalue weighted by molar-refractivity contribution is 9.10. The zero-order valence-electron chi connectivity index (χ0n) is 10.9. The third kappa shape index (κ3) is 2.70. The average molecular weight is 335 g/mol. The van der Waals surface area contributed by atoms with Gasteiger partial charge in [0.1, 0.15) is 11.6 Å². The van der Waals surface area contributed by atoms with Crippen molar-refractivity contribution in [1.29, 1.82) is 0 Å². The third-order valence-electron chi connectivity index (χ3n) is 3.41. The molecular weight excluding hydrogens is 320 g/mol. The monoisotopic (exact) mass is 334 g/mol. The van der Waals surface area contributed by atoms with Crippen molar-refractivity contribution in [1.82, 2.24) is 9.97 Å². The molecule has 0 unspecified atom stereocenters. The maximum absolute atomic E-state index is 11.4. The summed E-state index contributed by atoms with van der Waals surface area (Å²) < 4.78 is 1.02. The summed E-state index contributed by atoms with van der Waals surface area (Å²) in [4.78, 5) is 23.1. The van der Waals surface area contributed by atoms with Crippen LogP contribution in [-0.4, -0.2) is 36.1 Å². The largest absolute Gasteiger partial charge is 0.355 e. The number of rotatable bonds is 2. The third-order valence-corrected chi connectivity index (χ3v) is 4.03. The van der Waals surface area contributed by atoms with Crippen molar-refractivity contribution in [2.24, 2.45) is 0 Å². The molecule has 1 aliphatic rings. The van der Waals surface area contributed by atoms with E-state index in [0.717, 1.165) is 42.3 Å². The van der Waals surface area contributed by atoms with Gasteiger partial charge < -0.3 is 14.8 Å². The van der Waals surface area contributed by atoms with E-state index in [1.54, 1.807) is 12.3 Å². The Hall–Kier alpha value is -1.82. The molecule has 0 aromatic carbocycles. The lowest BCUT2D eigenvalue weighted by molar-refractivity contribution is 0.640. The van der Waals surface area contributed by atoms with Crippen LogP contribution in [0.15, 0.2) is 45.8 Å². The van der Waals surface area contributed by atoms with Crippen molar-refractivity contribution in [3.8, 4) is 0 Å². The standard InChI is InChI=1S/C14H15BrN4O/c15-11-3-2-6-16-14(11)19-9-7-18(8-10-19)12-4-1-5-13(20)17-12/h1-6H,7-10H2,(H,17,20). The van der Waals surface area contributed by atoms with Crippen LogP contribution in [0.4, 0.5) is 11.6 Å². The summed E-state index contributed by atoms with van der Waals surface area (Å²) in [5.41, 5.74) is -0.0580. The number of aromatic nitrogens is 2. The van der Waals surface area contributed by atoms with Crippen LogP contribution in [0.3, 0.4) is 0 Å². The number of nitrogens with one attached hydrogen (secondary N) is 1. The van der Waals surface area contributed by atoms with Crippen LogP contribution in [0, 0.1) is 0 Å². The number of hydrogen-bond acceptors (Lipinski definition) is 4. The molecule has 2 aromatic rings. The Balaban J connectivity index is 1.71. The smallest absolute Gasteiger partial charge is 0.249 e. The van der Waals surface area contributed by atoms with Crippen LogP contribution in [0.5, 0.6) is 0 Å². The topological polar surface area (TPSA) is 52.2 Å². The summed E-state index contributed by atoms with van der Waals surface area (Å²) in [6.45, 7) is 3.49. The Morgan fingerprint density at radius 1 is 1.05 bits per heavy atom. The first-order chi connectivity index (χ1) is 9.74. The Kier molecular flexibility index (Phi) is 3.73. The van der Waals surface area contributed by atoms with Gasteiger partial charge in [0.15, 0.2) is 0 Å². The van der Waals surface area contributed by atoms with Gasteiger partial charge in [0, 0.05) is 38.4 Å². The molecule has 0 radical (unpaired) electrons. The van der Waals surface area contributed by atoms with Crippen LogP contribution < -0.4 is 15.4 Å². The molecule has 1 N–H and O–H groups in total. The van der Waals surface area contributed by atoms with E-state index in [1.807, 2.05) is 18.2 Å². The lowest BCUT2D eigenvalue weighted by atomic mass is 10.3. The molecule has 3 heterocycles. The molecule has 0 amide bonds. The van der Waals surface area contributed by atoms with Gasteiger partial charge >= 0.3 is 0 Å². The van der Waals surface area contributed by atoms with Gasteiger partial charge in [-0.05, 0) is 34.1 Å².